The molecule has 1 atom stereocenters. The number of halogens is 1. The first-order valence-corrected chi connectivity index (χ1v) is 6.64. The summed E-state index contributed by atoms with van der Waals surface area (Å²) >= 11 is 5.84. The first kappa shape index (κ1) is 13.5. The molecule has 2 aromatic carbocycles. The van der Waals surface area contributed by atoms with Crippen LogP contribution < -0.4 is 4.74 Å². The second-order valence-electron chi connectivity index (χ2n) is 4.13. The van der Waals surface area contributed by atoms with Gasteiger partial charge in [0.1, 0.15) is 11.9 Å². The van der Waals surface area contributed by atoms with Gasteiger partial charge in [-0.2, -0.15) is 5.26 Å². The lowest BCUT2D eigenvalue weighted by atomic mass is 10.1. The van der Waals surface area contributed by atoms with E-state index in [0.717, 1.165) is 17.7 Å². The van der Waals surface area contributed by atoms with Gasteiger partial charge in [0.2, 0.25) is 0 Å². The summed E-state index contributed by atoms with van der Waals surface area (Å²) in [6, 6.07) is 19.2. The standard InChI is InChI=1S/C16H14ClNO/c17-11-10-16(14-4-2-1-3-5-14)19-15-8-6-13(12-18)7-9-15/h1-9,16H,10-11H2. The molecule has 0 N–H and O–H groups in total. The smallest absolute Gasteiger partial charge is 0.125 e. The molecule has 3 heteroatoms. The summed E-state index contributed by atoms with van der Waals surface area (Å²) in [6.45, 7) is 0. The fraction of sp³-hybridized carbons (Fsp3) is 0.188. The molecule has 2 rings (SSSR count). The Kier molecular flexibility index (Phi) is 4.83. The molecule has 96 valence electrons. The molecule has 0 saturated carbocycles. The van der Waals surface area contributed by atoms with E-state index in [2.05, 4.69) is 6.07 Å². The predicted molar refractivity (Wildman–Crippen MR) is 76.3 cm³/mol. The third kappa shape index (κ3) is 3.74. The van der Waals surface area contributed by atoms with Crippen molar-refractivity contribution in [2.75, 3.05) is 5.88 Å². The molecule has 0 radical (unpaired) electrons. The molecular formula is C16H14ClNO. The third-order valence-corrected chi connectivity index (χ3v) is 3.02. The van der Waals surface area contributed by atoms with Crippen molar-refractivity contribution in [1.82, 2.24) is 0 Å². The van der Waals surface area contributed by atoms with Crippen LogP contribution in [0.4, 0.5) is 0 Å². The zero-order valence-electron chi connectivity index (χ0n) is 10.4. The van der Waals surface area contributed by atoms with Gasteiger partial charge in [-0.15, -0.1) is 11.6 Å². The van der Waals surface area contributed by atoms with Gasteiger partial charge in [0.05, 0.1) is 11.6 Å². The number of rotatable bonds is 5. The predicted octanol–water partition coefficient (Wildman–Crippen LogP) is 4.31. The van der Waals surface area contributed by atoms with E-state index in [1.807, 2.05) is 42.5 Å². The summed E-state index contributed by atoms with van der Waals surface area (Å²) in [5.41, 5.74) is 1.73. The van der Waals surface area contributed by atoms with Crippen molar-refractivity contribution in [3.63, 3.8) is 0 Å². The van der Waals surface area contributed by atoms with E-state index in [4.69, 9.17) is 21.6 Å². The van der Waals surface area contributed by atoms with Crippen molar-refractivity contribution in [2.45, 2.75) is 12.5 Å². The second-order valence-corrected chi connectivity index (χ2v) is 4.51. The molecule has 2 nitrogen and oxygen atoms in total. The summed E-state index contributed by atoms with van der Waals surface area (Å²) < 4.78 is 5.95. The third-order valence-electron chi connectivity index (χ3n) is 2.80. The molecule has 2 aromatic rings. The van der Waals surface area contributed by atoms with Crippen molar-refractivity contribution < 1.29 is 4.74 Å². The van der Waals surface area contributed by atoms with E-state index in [1.54, 1.807) is 12.1 Å². The molecule has 0 aliphatic carbocycles. The Morgan fingerprint density at radius 3 is 2.32 bits per heavy atom. The number of nitriles is 1. The first-order chi connectivity index (χ1) is 9.33. The zero-order valence-corrected chi connectivity index (χ0v) is 11.2. The van der Waals surface area contributed by atoms with Gasteiger partial charge in [-0.05, 0) is 29.8 Å². The molecule has 0 aliphatic heterocycles. The van der Waals surface area contributed by atoms with Gasteiger partial charge >= 0.3 is 0 Å². The fourth-order valence-corrected chi connectivity index (χ4v) is 2.03. The highest BCUT2D eigenvalue weighted by Gasteiger charge is 2.12. The average molecular weight is 272 g/mol. The summed E-state index contributed by atoms with van der Waals surface area (Å²) in [6.07, 6.45) is 0.678. The van der Waals surface area contributed by atoms with E-state index in [9.17, 15) is 0 Å². The lowest BCUT2D eigenvalue weighted by Crippen LogP contribution is -2.08. The number of ether oxygens (including phenoxy) is 1. The van der Waals surface area contributed by atoms with E-state index >= 15 is 0 Å². The van der Waals surface area contributed by atoms with Crippen LogP contribution in [0.15, 0.2) is 54.6 Å². The largest absolute Gasteiger partial charge is 0.486 e. The lowest BCUT2D eigenvalue weighted by Gasteiger charge is -2.18. The molecule has 0 bridgehead atoms. The Morgan fingerprint density at radius 1 is 1.05 bits per heavy atom. The maximum Gasteiger partial charge on any atom is 0.125 e. The molecule has 0 heterocycles. The topological polar surface area (TPSA) is 33.0 Å². The normalized spacial score (nSPS) is 11.6. The Labute approximate surface area is 118 Å². The first-order valence-electron chi connectivity index (χ1n) is 6.11. The van der Waals surface area contributed by atoms with Gasteiger partial charge in [0.15, 0.2) is 0 Å². The Balaban J connectivity index is 2.14. The Morgan fingerprint density at radius 2 is 1.74 bits per heavy atom. The van der Waals surface area contributed by atoms with Crippen LogP contribution in [0.2, 0.25) is 0 Å². The molecule has 1 unspecified atom stereocenters. The van der Waals surface area contributed by atoms with Gasteiger partial charge < -0.3 is 4.74 Å². The highest BCUT2D eigenvalue weighted by molar-refractivity contribution is 6.17. The second kappa shape index (κ2) is 6.82. The van der Waals surface area contributed by atoms with Crippen molar-refractivity contribution in [2.24, 2.45) is 0 Å². The van der Waals surface area contributed by atoms with E-state index in [1.165, 1.54) is 0 Å². The number of benzene rings is 2. The average Bonchev–Trinajstić information content (AvgIpc) is 2.48. The fourth-order valence-electron chi connectivity index (χ4n) is 1.83. The van der Waals surface area contributed by atoms with E-state index in [0.29, 0.717) is 11.4 Å². The maximum absolute atomic E-state index is 8.76. The number of nitrogens with zero attached hydrogens (tertiary/aromatic N) is 1. The highest BCUT2D eigenvalue weighted by Crippen LogP contribution is 2.25. The summed E-state index contributed by atoms with van der Waals surface area (Å²) in [4.78, 5) is 0. The highest BCUT2D eigenvalue weighted by atomic mass is 35.5. The van der Waals surface area contributed by atoms with E-state index < -0.39 is 0 Å². The van der Waals surface area contributed by atoms with Gasteiger partial charge in [0.25, 0.3) is 0 Å². The molecule has 0 spiro atoms. The molecule has 0 aromatic heterocycles. The van der Waals surface area contributed by atoms with Crippen molar-refractivity contribution >= 4 is 11.6 Å². The molecule has 0 fully saturated rings. The zero-order chi connectivity index (χ0) is 13.5. The monoisotopic (exact) mass is 271 g/mol. The van der Waals surface area contributed by atoms with Gasteiger partial charge in [-0.1, -0.05) is 30.3 Å². The number of hydrogen-bond donors (Lipinski definition) is 0. The van der Waals surface area contributed by atoms with Gasteiger partial charge in [-0.25, -0.2) is 0 Å². The summed E-state index contributed by atoms with van der Waals surface area (Å²) in [5.74, 6) is 1.29. The SMILES string of the molecule is N#Cc1ccc(OC(CCCl)c2ccccc2)cc1. The van der Waals surface area contributed by atoms with Crippen LogP contribution in [0.1, 0.15) is 23.7 Å². The minimum Gasteiger partial charge on any atom is -0.486 e. The minimum atomic E-state index is -0.0633. The van der Waals surface area contributed by atoms with Gasteiger partial charge in [-0.3, -0.25) is 0 Å². The van der Waals surface area contributed by atoms with Crippen molar-refractivity contribution in [1.29, 1.82) is 5.26 Å². The van der Waals surface area contributed by atoms with Gasteiger partial charge in [0, 0.05) is 12.3 Å². The number of hydrogen-bond acceptors (Lipinski definition) is 2. The lowest BCUT2D eigenvalue weighted by molar-refractivity contribution is 0.202. The quantitative estimate of drug-likeness (QED) is 0.759. The molecule has 0 saturated heterocycles. The summed E-state index contributed by atoms with van der Waals surface area (Å²) in [7, 11) is 0. The Bertz CT molecular complexity index is 545. The number of alkyl halides is 1. The van der Waals surface area contributed by atoms with Crippen LogP contribution in [0.25, 0.3) is 0 Å². The van der Waals surface area contributed by atoms with Crippen LogP contribution >= 0.6 is 11.6 Å². The van der Waals surface area contributed by atoms with Crippen LogP contribution in [-0.4, -0.2) is 5.88 Å². The molecule has 19 heavy (non-hydrogen) atoms. The maximum atomic E-state index is 8.76. The van der Waals surface area contributed by atoms with Crippen molar-refractivity contribution in [3.8, 4) is 11.8 Å². The minimum absolute atomic E-state index is 0.0633. The summed E-state index contributed by atoms with van der Waals surface area (Å²) in [5, 5.41) is 8.76. The van der Waals surface area contributed by atoms with Crippen LogP contribution in [0, 0.1) is 11.3 Å². The van der Waals surface area contributed by atoms with Crippen LogP contribution in [-0.2, 0) is 0 Å². The van der Waals surface area contributed by atoms with Crippen LogP contribution in [0.5, 0.6) is 5.75 Å². The van der Waals surface area contributed by atoms with Crippen molar-refractivity contribution in [3.05, 3.63) is 65.7 Å². The molecule has 0 aliphatic rings. The Hall–Kier alpha value is -1.98. The molecule has 0 amide bonds. The van der Waals surface area contributed by atoms with Crippen LogP contribution in [0.3, 0.4) is 0 Å². The van der Waals surface area contributed by atoms with E-state index in [-0.39, 0.29) is 6.10 Å². The molecular weight excluding hydrogens is 258 g/mol.